The van der Waals surface area contributed by atoms with Gasteiger partial charge in [0.05, 0.1) is 6.04 Å². The van der Waals surface area contributed by atoms with Crippen LogP contribution in [0.2, 0.25) is 10.0 Å². The standard InChI is InChI=1S/C22H25Cl2N3O4/c1-14(28)25-17-4-6-20(7-5-17)31-13-19(29)12-27-8-2-3-21(27)22(30)26-18-10-15(23)9-16(24)11-18/h4-7,9-11,19,21,29H,2-3,8,12-13H2,1H3,(H,25,28)(H,26,30). The van der Waals surface area contributed by atoms with Crippen molar-refractivity contribution in [2.75, 3.05) is 30.3 Å². The van der Waals surface area contributed by atoms with Crippen LogP contribution in [0.4, 0.5) is 11.4 Å². The van der Waals surface area contributed by atoms with E-state index in [1.165, 1.54) is 6.92 Å². The number of carbonyl (C=O) groups is 2. The lowest BCUT2D eigenvalue weighted by molar-refractivity contribution is -0.120. The fraction of sp³-hybridized carbons (Fsp3) is 0.364. The van der Waals surface area contributed by atoms with E-state index in [-0.39, 0.29) is 24.5 Å². The number of ether oxygens (including phenoxy) is 1. The molecule has 3 rings (SSSR count). The van der Waals surface area contributed by atoms with Crippen LogP contribution in [0.25, 0.3) is 0 Å². The van der Waals surface area contributed by atoms with Crippen molar-refractivity contribution in [1.29, 1.82) is 0 Å². The molecule has 1 saturated heterocycles. The van der Waals surface area contributed by atoms with Gasteiger partial charge in [-0.1, -0.05) is 23.2 Å². The number of carbonyl (C=O) groups excluding carboxylic acids is 2. The molecule has 2 aromatic rings. The predicted molar refractivity (Wildman–Crippen MR) is 122 cm³/mol. The molecule has 1 aliphatic rings. The second kappa shape index (κ2) is 10.8. The summed E-state index contributed by atoms with van der Waals surface area (Å²) in [5, 5.41) is 16.8. The first-order valence-electron chi connectivity index (χ1n) is 9.99. The Labute approximate surface area is 191 Å². The molecule has 0 aromatic heterocycles. The van der Waals surface area contributed by atoms with Gasteiger partial charge in [0.1, 0.15) is 18.5 Å². The van der Waals surface area contributed by atoms with Crippen LogP contribution in [0.15, 0.2) is 42.5 Å². The molecule has 31 heavy (non-hydrogen) atoms. The molecular weight excluding hydrogens is 441 g/mol. The number of hydrogen-bond donors (Lipinski definition) is 3. The molecule has 0 bridgehead atoms. The molecule has 2 aromatic carbocycles. The van der Waals surface area contributed by atoms with E-state index in [0.717, 1.165) is 13.0 Å². The average Bonchev–Trinajstić information content (AvgIpc) is 3.14. The molecule has 0 spiro atoms. The van der Waals surface area contributed by atoms with Gasteiger partial charge in [-0.2, -0.15) is 0 Å². The summed E-state index contributed by atoms with van der Waals surface area (Å²) in [5.74, 6) is 0.283. The Morgan fingerprint density at radius 2 is 1.81 bits per heavy atom. The fourth-order valence-corrected chi connectivity index (χ4v) is 4.07. The van der Waals surface area contributed by atoms with Crippen molar-refractivity contribution in [3.05, 3.63) is 52.5 Å². The third kappa shape index (κ3) is 7.11. The fourth-order valence-electron chi connectivity index (χ4n) is 3.55. The van der Waals surface area contributed by atoms with Gasteiger partial charge in [-0.3, -0.25) is 14.5 Å². The maximum Gasteiger partial charge on any atom is 0.241 e. The van der Waals surface area contributed by atoms with Crippen molar-refractivity contribution >= 4 is 46.4 Å². The van der Waals surface area contributed by atoms with E-state index in [2.05, 4.69) is 10.6 Å². The van der Waals surface area contributed by atoms with Gasteiger partial charge in [0, 0.05) is 34.9 Å². The molecule has 2 unspecified atom stereocenters. The molecule has 0 saturated carbocycles. The summed E-state index contributed by atoms with van der Waals surface area (Å²) in [4.78, 5) is 25.8. The minimum atomic E-state index is -0.760. The number of rotatable bonds is 8. The highest BCUT2D eigenvalue weighted by Gasteiger charge is 2.32. The van der Waals surface area contributed by atoms with Gasteiger partial charge in [0.15, 0.2) is 0 Å². The number of amides is 2. The number of anilines is 2. The molecule has 7 nitrogen and oxygen atoms in total. The highest BCUT2D eigenvalue weighted by Crippen LogP contribution is 2.24. The monoisotopic (exact) mass is 465 g/mol. The number of aliphatic hydroxyl groups excluding tert-OH is 1. The van der Waals surface area contributed by atoms with E-state index < -0.39 is 6.10 Å². The Bertz CT molecular complexity index is 903. The summed E-state index contributed by atoms with van der Waals surface area (Å²) in [6.07, 6.45) is 0.814. The molecule has 2 amide bonds. The normalized spacial score (nSPS) is 17.2. The van der Waals surface area contributed by atoms with Crippen molar-refractivity contribution in [2.45, 2.75) is 31.9 Å². The van der Waals surface area contributed by atoms with Crippen molar-refractivity contribution < 1.29 is 19.4 Å². The third-order valence-corrected chi connectivity index (χ3v) is 5.30. The number of aliphatic hydroxyl groups is 1. The lowest BCUT2D eigenvalue weighted by Gasteiger charge is -2.26. The predicted octanol–water partition coefficient (Wildman–Crippen LogP) is 3.79. The molecule has 1 aliphatic heterocycles. The van der Waals surface area contributed by atoms with Crippen molar-refractivity contribution in [2.24, 2.45) is 0 Å². The largest absolute Gasteiger partial charge is 0.491 e. The van der Waals surface area contributed by atoms with Crippen LogP contribution in [-0.2, 0) is 9.59 Å². The molecule has 166 valence electrons. The summed E-state index contributed by atoms with van der Waals surface area (Å²) >= 11 is 12.0. The Kier molecular flexibility index (Phi) is 8.15. The van der Waals surface area contributed by atoms with E-state index in [1.54, 1.807) is 42.5 Å². The third-order valence-electron chi connectivity index (χ3n) is 4.86. The van der Waals surface area contributed by atoms with Crippen LogP contribution >= 0.6 is 23.2 Å². The second-order valence-corrected chi connectivity index (χ2v) is 8.34. The van der Waals surface area contributed by atoms with Gasteiger partial charge in [-0.05, 0) is 61.9 Å². The zero-order chi connectivity index (χ0) is 22.4. The first-order valence-corrected chi connectivity index (χ1v) is 10.8. The van der Waals surface area contributed by atoms with Gasteiger partial charge in [-0.25, -0.2) is 0 Å². The second-order valence-electron chi connectivity index (χ2n) is 7.47. The molecule has 2 atom stereocenters. The molecule has 3 N–H and O–H groups in total. The minimum absolute atomic E-state index is 0.0915. The summed E-state index contributed by atoms with van der Waals surface area (Å²) in [6, 6.07) is 11.4. The number of halogens is 2. The van der Waals surface area contributed by atoms with Crippen molar-refractivity contribution in [3.8, 4) is 5.75 Å². The van der Waals surface area contributed by atoms with E-state index >= 15 is 0 Å². The Morgan fingerprint density at radius 3 is 2.45 bits per heavy atom. The van der Waals surface area contributed by atoms with Crippen molar-refractivity contribution in [3.63, 3.8) is 0 Å². The lowest BCUT2D eigenvalue weighted by atomic mass is 10.2. The number of nitrogens with zero attached hydrogens (tertiary/aromatic N) is 1. The maximum absolute atomic E-state index is 12.7. The first kappa shape index (κ1) is 23.3. The SMILES string of the molecule is CC(=O)Nc1ccc(OCC(O)CN2CCCC2C(=O)Nc2cc(Cl)cc(Cl)c2)cc1. The van der Waals surface area contributed by atoms with Crippen molar-refractivity contribution in [1.82, 2.24) is 4.90 Å². The quantitative estimate of drug-likeness (QED) is 0.551. The first-order chi connectivity index (χ1) is 14.8. The van der Waals surface area contributed by atoms with Crippen LogP contribution < -0.4 is 15.4 Å². The molecular formula is C22H25Cl2N3O4. The molecule has 0 aliphatic carbocycles. The topological polar surface area (TPSA) is 90.9 Å². The molecule has 1 heterocycles. The minimum Gasteiger partial charge on any atom is -0.491 e. The summed E-state index contributed by atoms with van der Waals surface area (Å²) in [5.41, 5.74) is 1.22. The highest BCUT2D eigenvalue weighted by atomic mass is 35.5. The number of hydrogen-bond acceptors (Lipinski definition) is 5. The Hall–Kier alpha value is -2.32. The zero-order valence-corrected chi connectivity index (χ0v) is 18.6. The van der Waals surface area contributed by atoms with Gasteiger partial charge >= 0.3 is 0 Å². The van der Waals surface area contributed by atoms with E-state index in [9.17, 15) is 14.7 Å². The smallest absolute Gasteiger partial charge is 0.241 e. The summed E-state index contributed by atoms with van der Waals surface area (Å²) in [6.45, 7) is 2.57. The number of nitrogens with one attached hydrogen (secondary N) is 2. The van der Waals surface area contributed by atoms with Crippen LogP contribution in [-0.4, -0.2) is 53.7 Å². The van der Waals surface area contributed by atoms with Crippen LogP contribution in [0, 0.1) is 0 Å². The van der Waals surface area contributed by atoms with Gasteiger partial charge in [0.25, 0.3) is 0 Å². The maximum atomic E-state index is 12.7. The van der Waals surface area contributed by atoms with Crippen LogP contribution in [0.3, 0.4) is 0 Å². The zero-order valence-electron chi connectivity index (χ0n) is 17.1. The number of likely N-dealkylation sites (tertiary alicyclic amines) is 1. The highest BCUT2D eigenvalue weighted by molar-refractivity contribution is 6.35. The molecule has 1 fully saturated rings. The lowest BCUT2D eigenvalue weighted by Crippen LogP contribution is -2.44. The summed E-state index contributed by atoms with van der Waals surface area (Å²) in [7, 11) is 0. The Balaban J connectivity index is 1.50. The Morgan fingerprint density at radius 1 is 1.13 bits per heavy atom. The summed E-state index contributed by atoms with van der Waals surface area (Å²) < 4.78 is 5.64. The molecule has 0 radical (unpaired) electrons. The number of benzene rings is 2. The van der Waals surface area contributed by atoms with Gasteiger partial charge in [-0.15, -0.1) is 0 Å². The number of β-amino-alcohol motifs (C(OH)–C–C–N with tert-alkyl or cyclic N) is 1. The molecule has 9 heteroatoms. The van der Waals surface area contributed by atoms with E-state index in [1.807, 2.05) is 4.90 Å². The van der Waals surface area contributed by atoms with E-state index in [4.69, 9.17) is 27.9 Å². The van der Waals surface area contributed by atoms with Gasteiger partial charge in [0.2, 0.25) is 11.8 Å². The average molecular weight is 466 g/mol. The van der Waals surface area contributed by atoms with Crippen LogP contribution in [0.5, 0.6) is 5.75 Å². The van der Waals surface area contributed by atoms with Crippen LogP contribution in [0.1, 0.15) is 19.8 Å². The van der Waals surface area contributed by atoms with E-state index in [0.29, 0.717) is 40.1 Å². The van der Waals surface area contributed by atoms with Gasteiger partial charge < -0.3 is 20.5 Å².